The Morgan fingerprint density at radius 1 is 1.09 bits per heavy atom. The van der Waals surface area contributed by atoms with Gasteiger partial charge >= 0.3 is 0 Å². The first-order valence-electron chi connectivity index (χ1n) is 11.0. The zero-order chi connectivity index (χ0) is 24.9. The molecular weight excluding hydrogens is 466 g/mol. The summed E-state index contributed by atoms with van der Waals surface area (Å²) >= 11 is 4.41. The summed E-state index contributed by atoms with van der Waals surface area (Å²) in [7, 11) is 0. The van der Waals surface area contributed by atoms with Gasteiger partial charge in [-0.05, 0) is 36.2 Å². The number of rotatable bonds is 8. The van der Waals surface area contributed by atoms with Crippen LogP contribution in [0.3, 0.4) is 0 Å². The molecule has 1 amide bonds. The number of benzene rings is 3. The van der Waals surface area contributed by atoms with Gasteiger partial charge < -0.3 is 9.52 Å². The van der Waals surface area contributed by atoms with Gasteiger partial charge in [0.1, 0.15) is 11.4 Å². The number of unbranched alkanes of at least 4 members (excludes halogenated alkanes) is 1. The van der Waals surface area contributed by atoms with Gasteiger partial charge in [-0.3, -0.25) is 20.2 Å². The number of nitro groups is 1. The van der Waals surface area contributed by atoms with Crippen LogP contribution in [0.15, 0.2) is 76.0 Å². The van der Waals surface area contributed by atoms with Crippen LogP contribution in [-0.4, -0.2) is 20.9 Å². The van der Waals surface area contributed by atoms with Gasteiger partial charge in [0, 0.05) is 34.1 Å². The second-order valence-corrected chi connectivity index (χ2v) is 8.42. The fourth-order valence-corrected chi connectivity index (χ4v) is 3.89. The molecule has 0 saturated carbocycles. The highest BCUT2D eigenvalue weighted by atomic mass is 32.1. The van der Waals surface area contributed by atoms with Crippen molar-refractivity contribution in [3.63, 3.8) is 0 Å². The van der Waals surface area contributed by atoms with Crippen molar-refractivity contribution < 1.29 is 19.2 Å². The van der Waals surface area contributed by atoms with Crippen LogP contribution in [0.2, 0.25) is 0 Å². The van der Waals surface area contributed by atoms with Crippen molar-refractivity contribution in [1.29, 1.82) is 0 Å². The van der Waals surface area contributed by atoms with Crippen LogP contribution in [0.25, 0.3) is 33.8 Å². The molecule has 0 spiro atoms. The van der Waals surface area contributed by atoms with Gasteiger partial charge in [-0.1, -0.05) is 43.7 Å². The summed E-state index contributed by atoms with van der Waals surface area (Å²) < 4.78 is 6.05. The molecule has 2 N–H and O–H groups in total. The quantitative estimate of drug-likeness (QED) is 0.144. The Bertz CT molecular complexity index is 1400. The Labute approximate surface area is 207 Å². The number of aromatic hydroxyl groups is 1. The van der Waals surface area contributed by atoms with E-state index in [4.69, 9.17) is 4.42 Å². The number of aromatic nitrogens is 1. The largest absolute Gasteiger partial charge is 0.507 e. The highest BCUT2D eigenvalue weighted by Gasteiger charge is 2.22. The molecule has 9 heteroatoms. The lowest BCUT2D eigenvalue weighted by Crippen LogP contribution is -2.11. The monoisotopic (exact) mass is 489 g/mol. The van der Waals surface area contributed by atoms with Crippen LogP contribution in [0.5, 0.6) is 5.75 Å². The van der Waals surface area contributed by atoms with Crippen molar-refractivity contribution in [2.75, 3.05) is 5.32 Å². The summed E-state index contributed by atoms with van der Waals surface area (Å²) in [5.41, 5.74) is 2.45. The number of phenolic OH excluding ortho intramolecular Hbond substituents is 1. The minimum atomic E-state index is -0.571. The molecule has 3 aromatic carbocycles. The summed E-state index contributed by atoms with van der Waals surface area (Å²) in [6.07, 6.45) is 1.98. The van der Waals surface area contributed by atoms with Gasteiger partial charge in [-0.15, -0.1) is 12.6 Å². The number of phenols is 1. The first-order valence-corrected chi connectivity index (χ1v) is 11.5. The molecule has 4 rings (SSSR count). The molecule has 1 heterocycles. The van der Waals surface area contributed by atoms with E-state index in [9.17, 15) is 20.0 Å². The third-order valence-corrected chi connectivity index (χ3v) is 5.68. The fraction of sp³-hybridized carbons (Fsp3) is 0.154. The molecule has 0 aliphatic heterocycles. The van der Waals surface area contributed by atoms with Crippen molar-refractivity contribution in [3.05, 3.63) is 76.8 Å². The van der Waals surface area contributed by atoms with Crippen LogP contribution in [-0.2, 0) is 4.79 Å². The number of carbonyl (C=O) groups is 1. The van der Waals surface area contributed by atoms with E-state index < -0.39 is 4.92 Å². The van der Waals surface area contributed by atoms with E-state index in [2.05, 4.69) is 22.9 Å². The Balaban J connectivity index is 1.82. The second kappa shape index (κ2) is 10.4. The Morgan fingerprint density at radius 2 is 1.86 bits per heavy atom. The number of nitrogens with zero attached hydrogens (tertiary/aromatic N) is 2. The molecule has 0 aliphatic rings. The molecule has 4 aromatic rings. The normalized spacial score (nSPS) is 10.8. The minimum Gasteiger partial charge on any atom is -0.507 e. The average molecular weight is 490 g/mol. The van der Waals surface area contributed by atoms with Gasteiger partial charge in [0.05, 0.1) is 11.0 Å². The molecule has 0 radical (unpaired) electrons. The molecule has 0 unspecified atom stereocenters. The second-order valence-electron chi connectivity index (χ2n) is 7.90. The number of non-ortho nitro benzene ring substituents is 1. The summed E-state index contributed by atoms with van der Waals surface area (Å²) in [4.78, 5) is 28.4. The van der Waals surface area contributed by atoms with E-state index >= 15 is 0 Å². The molecule has 0 atom stereocenters. The standard InChI is InChI=1S/C26H23N3O5S/c1-2-3-11-23(31)27-26-24(16-7-6-8-18(35)14-16)28-25(34-26)21-10-5-4-9-19(21)20-13-12-17(29(32)33)15-22(20)30/h4-10,12-15,30,35H,2-3,11H2,1H3,(H,27,31). The van der Waals surface area contributed by atoms with Gasteiger partial charge in [0.15, 0.2) is 0 Å². The van der Waals surface area contributed by atoms with E-state index in [1.54, 1.807) is 24.3 Å². The number of nitro benzene ring substituents is 1. The summed E-state index contributed by atoms with van der Waals surface area (Å²) in [5, 5.41) is 24.4. The molecule has 8 nitrogen and oxygen atoms in total. The predicted molar refractivity (Wildman–Crippen MR) is 137 cm³/mol. The maximum absolute atomic E-state index is 12.5. The Morgan fingerprint density at radius 3 is 2.54 bits per heavy atom. The van der Waals surface area contributed by atoms with Gasteiger partial charge in [-0.2, -0.15) is 0 Å². The molecule has 0 bridgehead atoms. The van der Waals surface area contributed by atoms with Crippen molar-refractivity contribution in [2.45, 2.75) is 31.1 Å². The number of thiol groups is 1. The first kappa shape index (κ1) is 24.0. The van der Waals surface area contributed by atoms with Gasteiger partial charge in [-0.25, -0.2) is 4.98 Å². The molecule has 0 aliphatic carbocycles. The molecule has 0 fully saturated rings. The van der Waals surface area contributed by atoms with E-state index in [-0.39, 0.29) is 29.1 Å². The molecule has 0 saturated heterocycles. The fourth-order valence-electron chi connectivity index (χ4n) is 3.66. The number of amides is 1. The van der Waals surface area contributed by atoms with E-state index in [0.717, 1.165) is 23.8 Å². The number of oxazole rings is 1. The molecular formula is C26H23N3O5S. The van der Waals surface area contributed by atoms with Crippen molar-refractivity contribution >= 4 is 30.1 Å². The number of anilines is 1. The van der Waals surface area contributed by atoms with Crippen LogP contribution >= 0.6 is 12.6 Å². The number of hydrogen-bond donors (Lipinski definition) is 3. The van der Waals surface area contributed by atoms with Gasteiger partial charge in [0.25, 0.3) is 5.69 Å². The lowest BCUT2D eigenvalue weighted by Gasteiger charge is -2.09. The lowest BCUT2D eigenvalue weighted by molar-refractivity contribution is -0.384. The topological polar surface area (TPSA) is 118 Å². The number of carbonyl (C=O) groups excluding carboxylic acids is 1. The van der Waals surface area contributed by atoms with E-state index in [0.29, 0.717) is 34.4 Å². The Hall–Kier alpha value is -4.11. The van der Waals surface area contributed by atoms with E-state index in [1.807, 2.05) is 31.2 Å². The predicted octanol–water partition coefficient (Wildman–Crippen LogP) is 6.71. The van der Waals surface area contributed by atoms with Crippen LogP contribution in [0.4, 0.5) is 11.6 Å². The van der Waals surface area contributed by atoms with Crippen molar-refractivity contribution in [2.24, 2.45) is 0 Å². The maximum Gasteiger partial charge on any atom is 0.273 e. The third kappa shape index (κ3) is 5.36. The lowest BCUT2D eigenvalue weighted by atomic mass is 9.98. The summed E-state index contributed by atoms with van der Waals surface area (Å²) in [6, 6.07) is 18.3. The first-order chi connectivity index (χ1) is 16.9. The van der Waals surface area contributed by atoms with Crippen LogP contribution in [0.1, 0.15) is 26.2 Å². The highest BCUT2D eigenvalue weighted by Crippen LogP contribution is 2.41. The Kier molecular flexibility index (Phi) is 7.17. The summed E-state index contributed by atoms with van der Waals surface area (Å²) in [6.45, 7) is 2.01. The van der Waals surface area contributed by atoms with Crippen LogP contribution < -0.4 is 5.32 Å². The number of nitrogens with one attached hydrogen (secondary N) is 1. The third-order valence-electron chi connectivity index (χ3n) is 5.40. The molecule has 35 heavy (non-hydrogen) atoms. The van der Waals surface area contributed by atoms with Crippen molar-refractivity contribution in [3.8, 4) is 39.6 Å². The average Bonchev–Trinajstić information content (AvgIpc) is 3.26. The highest BCUT2D eigenvalue weighted by molar-refractivity contribution is 7.80. The van der Waals surface area contributed by atoms with Crippen LogP contribution in [0, 0.1) is 10.1 Å². The summed E-state index contributed by atoms with van der Waals surface area (Å²) in [5.74, 6) is 0.0138. The minimum absolute atomic E-state index is 0.181. The SMILES string of the molecule is CCCCC(=O)Nc1oc(-c2ccccc2-c2ccc([N+](=O)[O-])cc2O)nc1-c1cccc(S)c1. The zero-order valence-corrected chi connectivity index (χ0v) is 19.8. The maximum atomic E-state index is 12.5. The zero-order valence-electron chi connectivity index (χ0n) is 18.9. The molecule has 1 aromatic heterocycles. The number of hydrogen-bond acceptors (Lipinski definition) is 7. The van der Waals surface area contributed by atoms with Crippen molar-refractivity contribution in [1.82, 2.24) is 4.98 Å². The van der Waals surface area contributed by atoms with E-state index in [1.165, 1.54) is 12.1 Å². The molecule has 178 valence electrons. The van der Waals surface area contributed by atoms with Gasteiger partial charge in [0.2, 0.25) is 17.7 Å². The smallest absolute Gasteiger partial charge is 0.273 e.